The molecule has 0 radical (unpaired) electrons. The number of fused-ring (bicyclic) bond motifs is 1. The first kappa shape index (κ1) is 19.9. The molecular weight excluding hydrogens is 350 g/mol. The van der Waals surface area contributed by atoms with Crippen molar-refractivity contribution in [2.75, 3.05) is 6.61 Å². The first-order valence-corrected chi connectivity index (χ1v) is 9.91. The highest BCUT2D eigenvalue weighted by Gasteiger charge is 2.13. The zero-order chi connectivity index (χ0) is 20.1. The average molecular weight is 380 g/mol. The van der Waals surface area contributed by atoms with Gasteiger partial charge in [0, 0.05) is 5.92 Å². The van der Waals surface area contributed by atoms with E-state index >= 15 is 0 Å². The number of amides is 1. The maximum absolute atomic E-state index is 12.0. The number of hydrogen-bond donors (Lipinski definition) is 1. The van der Waals surface area contributed by atoms with Gasteiger partial charge in [-0.05, 0) is 29.7 Å². The Kier molecular flexibility index (Phi) is 6.34. The molecule has 1 aromatic heterocycles. The lowest BCUT2D eigenvalue weighted by Crippen LogP contribution is -2.28. The molecule has 5 heteroatoms. The van der Waals surface area contributed by atoms with E-state index in [1.807, 2.05) is 50.2 Å². The number of hydrogen-bond acceptors (Lipinski definition) is 3. The van der Waals surface area contributed by atoms with Crippen molar-refractivity contribution in [3.8, 4) is 5.75 Å². The maximum atomic E-state index is 12.0. The van der Waals surface area contributed by atoms with Crippen LogP contribution in [0.2, 0.25) is 0 Å². The van der Waals surface area contributed by atoms with Crippen LogP contribution in [0.25, 0.3) is 11.0 Å². The largest absolute Gasteiger partial charge is 0.491 e. The summed E-state index contributed by atoms with van der Waals surface area (Å²) in [6, 6.07) is 16.2. The summed E-state index contributed by atoms with van der Waals surface area (Å²) in [4.78, 5) is 16.7. The van der Waals surface area contributed by atoms with Crippen molar-refractivity contribution in [3.05, 3.63) is 59.9 Å². The van der Waals surface area contributed by atoms with Crippen LogP contribution < -0.4 is 10.1 Å². The SMILES string of the molecule is CC(C)C(=O)NCc1nc2ccccc2n1CCOc1ccccc1C(C)C. The lowest BCUT2D eigenvalue weighted by molar-refractivity contribution is -0.124. The Hall–Kier alpha value is -2.82. The third-order valence-corrected chi connectivity index (χ3v) is 4.79. The average Bonchev–Trinajstić information content (AvgIpc) is 3.04. The van der Waals surface area contributed by atoms with E-state index in [0.29, 0.717) is 25.6 Å². The van der Waals surface area contributed by atoms with E-state index in [2.05, 4.69) is 35.9 Å². The van der Waals surface area contributed by atoms with Gasteiger partial charge < -0.3 is 14.6 Å². The standard InChI is InChI=1S/C23H29N3O2/c1-16(2)18-9-5-8-12-21(18)28-14-13-26-20-11-7-6-10-19(20)25-22(26)15-24-23(27)17(3)4/h5-12,16-17H,13-15H2,1-4H3,(H,24,27). The summed E-state index contributed by atoms with van der Waals surface area (Å²) in [5, 5.41) is 2.97. The fourth-order valence-electron chi connectivity index (χ4n) is 3.22. The number of aromatic nitrogens is 2. The minimum absolute atomic E-state index is 0.0284. The molecule has 0 fully saturated rings. The van der Waals surface area contributed by atoms with Crippen molar-refractivity contribution in [3.63, 3.8) is 0 Å². The minimum atomic E-state index is -0.0475. The second kappa shape index (κ2) is 8.91. The number of rotatable bonds is 8. The Bertz CT molecular complexity index is 944. The molecule has 0 unspecified atom stereocenters. The van der Waals surface area contributed by atoms with Crippen LogP contribution in [0.1, 0.15) is 45.0 Å². The van der Waals surface area contributed by atoms with E-state index in [1.165, 1.54) is 5.56 Å². The number of nitrogens with one attached hydrogen (secondary N) is 1. The molecule has 0 spiro atoms. The molecule has 0 atom stereocenters. The molecule has 0 saturated carbocycles. The summed E-state index contributed by atoms with van der Waals surface area (Å²) >= 11 is 0. The van der Waals surface area contributed by atoms with Crippen molar-refractivity contribution >= 4 is 16.9 Å². The Balaban J connectivity index is 1.76. The fraction of sp³-hybridized carbons (Fsp3) is 0.391. The summed E-state index contributed by atoms with van der Waals surface area (Å²) in [7, 11) is 0. The van der Waals surface area contributed by atoms with E-state index in [-0.39, 0.29) is 11.8 Å². The number of nitrogens with zero attached hydrogens (tertiary/aromatic N) is 2. The topological polar surface area (TPSA) is 56.2 Å². The molecule has 0 saturated heterocycles. The van der Waals surface area contributed by atoms with Crippen LogP contribution in [-0.2, 0) is 17.9 Å². The first-order chi connectivity index (χ1) is 13.5. The minimum Gasteiger partial charge on any atom is -0.491 e. The van der Waals surface area contributed by atoms with Gasteiger partial charge >= 0.3 is 0 Å². The van der Waals surface area contributed by atoms with Gasteiger partial charge in [0.1, 0.15) is 18.2 Å². The van der Waals surface area contributed by atoms with Gasteiger partial charge in [0.2, 0.25) is 5.91 Å². The summed E-state index contributed by atoms with van der Waals surface area (Å²) < 4.78 is 8.24. The lowest BCUT2D eigenvalue weighted by atomic mass is 10.0. The lowest BCUT2D eigenvalue weighted by Gasteiger charge is -2.15. The number of benzene rings is 2. The van der Waals surface area contributed by atoms with Crippen molar-refractivity contribution in [2.45, 2.75) is 46.7 Å². The second-order valence-electron chi connectivity index (χ2n) is 7.58. The van der Waals surface area contributed by atoms with Crippen molar-refractivity contribution in [1.29, 1.82) is 0 Å². The van der Waals surface area contributed by atoms with E-state index in [9.17, 15) is 4.79 Å². The van der Waals surface area contributed by atoms with Crippen LogP contribution in [0.5, 0.6) is 5.75 Å². The molecule has 148 valence electrons. The van der Waals surface area contributed by atoms with Crippen LogP contribution in [-0.4, -0.2) is 22.1 Å². The van der Waals surface area contributed by atoms with Crippen molar-refractivity contribution < 1.29 is 9.53 Å². The van der Waals surface area contributed by atoms with E-state index in [0.717, 1.165) is 22.6 Å². The van der Waals surface area contributed by atoms with E-state index in [1.54, 1.807) is 0 Å². The van der Waals surface area contributed by atoms with Gasteiger partial charge in [-0.2, -0.15) is 0 Å². The molecule has 0 aliphatic rings. The summed E-state index contributed by atoms with van der Waals surface area (Å²) in [6.45, 7) is 9.72. The monoisotopic (exact) mass is 379 g/mol. The van der Waals surface area contributed by atoms with Gasteiger partial charge in [0.15, 0.2) is 0 Å². The van der Waals surface area contributed by atoms with Gasteiger partial charge in [-0.25, -0.2) is 4.98 Å². The molecule has 5 nitrogen and oxygen atoms in total. The Morgan fingerprint density at radius 1 is 1.07 bits per heavy atom. The van der Waals surface area contributed by atoms with Crippen LogP contribution in [0.4, 0.5) is 0 Å². The molecule has 3 rings (SSSR count). The number of para-hydroxylation sites is 3. The van der Waals surface area contributed by atoms with Gasteiger partial charge in [-0.3, -0.25) is 4.79 Å². The van der Waals surface area contributed by atoms with Crippen LogP contribution in [0.15, 0.2) is 48.5 Å². The predicted molar refractivity (Wildman–Crippen MR) is 112 cm³/mol. The normalized spacial score (nSPS) is 11.4. The molecular formula is C23H29N3O2. The highest BCUT2D eigenvalue weighted by Crippen LogP contribution is 2.26. The highest BCUT2D eigenvalue weighted by molar-refractivity contribution is 5.78. The fourth-order valence-corrected chi connectivity index (χ4v) is 3.22. The molecule has 1 heterocycles. The van der Waals surface area contributed by atoms with Gasteiger partial charge in [0.25, 0.3) is 0 Å². The first-order valence-electron chi connectivity index (χ1n) is 9.91. The third-order valence-electron chi connectivity index (χ3n) is 4.79. The van der Waals surface area contributed by atoms with Crippen LogP contribution in [0, 0.1) is 5.92 Å². The molecule has 0 aliphatic carbocycles. The molecule has 1 amide bonds. The number of carbonyl (C=O) groups excluding carboxylic acids is 1. The smallest absolute Gasteiger partial charge is 0.222 e. The van der Waals surface area contributed by atoms with Gasteiger partial charge in [0.05, 0.1) is 24.1 Å². The van der Waals surface area contributed by atoms with Crippen LogP contribution >= 0.6 is 0 Å². The number of ether oxygens (including phenoxy) is 1. The highest BCUT2D eigenvalue weighted by atomic mass is 16.5. The van der Waals surface area contributed by atoms with Gasteiger partial charge in [-0.1, -0.05) is 58.0 Å². The molecule has 28 heavy (non-hydrogen) atoms. The van der Waals surface area contributed by atoms with Crippen LogP contribution in [0.3, 0.4) is 0 Å². The number of imidazole rings is 1. The van der Waals surface area contributed by atoms with E-state index in [4.69, 9.17) is 9.72 Å². The second-order valence-corrected chi connectivity index (χ2v) is 7.58. The Labute approximate surface area is 166 Å². The summed E-state index contributed by atoms with van der Waals surface area (Å²) in [5.74, 6) is 2.16. The zero-order valence-electron chi connectivity index (χ0n) is 17.1. The Morgan fingerprint density at radius 3 is 2.54 bits per heavy atom. The molecule has 0 aliphatic heterocycles. The Morgan fingerprint density at radius 2 is 1.79 bits per heavy atom. The third kappa shape index (κ3) is 4.53. The number of carbonyl (C=O) groups is 1. The molecule has 1 N–H and O–H groups in total. The van der Waals surface area contributed by atoms with Gasteiger partial charge in [-0.15, -0.1) is 0 Å². The van der Waals surface area contributed by atoms with E-state index < -0.39 is 0 Å². The summed E-state index contributed by atoms with van der Waals surface area (Å²) in [5.41, 5.74) is 3.19. The molecule has 0 bridgehead atoms. The van der Waals surface area contributed by atoms with Crippen molar-refractivity contribution in [2.24, 2.45) is 5.92 Å². The quantitative estimate of drug-likeness (QED) is 0.626. The predicted octanol–water partition coefficient (Wildman–Crippen LogP) is 4.51. The summed E-state index contributed by atoms with van der Waals surface area (Å²) in [6.07, 6.45) is 0. The molecule has 3 aromatic rings. The maximum Gasteiger partial charge on any atom is 0.222 e. The zero-order valence-corrected chi connectivity index (χ0v) is 17.1. The van der Waals surface area contributed by atoms with Crippen molar-refractivity contribution in [1.82, 2.24) is 14.9 Å². The molecule has 2 aromatic carbocycles.